The second kappa shape index (κ2) is 9.77. The monoisotopic (exact) mass is 463 g/mol. The Bertz CT molecular complexity index is 1550. The van der Waals surface area contributed by atoms with Gasteiger partial charge >= 0.3 is 0 Å². The van der Waals surface area contributed by atoms with Crippen molar-refractivity contribution in [3.8, 4) is 11.3 Å². The van der Waals surface area contributed by atoms with Crippen LogP contribution in [0.1, 0.15) is 17.5 Å². The van der Waals surface area contributed by atoms with Crippen molar-refractivity contribution in [1.82, 2.24) is 19.3 Å². The van der Waals surface area contributed by atoms with Gasteiger partial charge in [0.2, 0.25) is 5.91 Å². The van der Waals surface area contributed by atoms with Gasteiger partial charge in [-0.25, -0.2) is 9.67 Å². The van der Waals surface area contributed by atoms with Crippen LogP contribution in [0.25, 0.3) is 22.2 Å². The van der Waals surface area contributed by atoms with Crippen LogP contribution < -0.4 is 10.9 Å². The fraction of sp³-hybridized carbons (Fsp3) is 0.143. The second-order valence-electron chi connectivity index (χ2n) is 8.49. The first-order chi connectivity index (χ1) is 17.1. The van der Waals surface area contributed by atoms with Gasteiger partial charge in [0.15, 0.2) is 0 Å². The SMILES string of the molecule is Cc1cccc(-c2cc(NC(=O)CCn3cnc4ccccc4c3=O)n(Cc3ccccc3)n2)c1. The lowest BCUT2D eigenvalue weighted by Crippen LogP contribution is -2.24. The van der Waals surface area contributed by atoms with Gasteiger partial charge in [-0.2, -0.15) is 5.10 Å². The molecule has 35 heavy (non-hydrogen) atoms. The third kappa shape index (κ3) is 5.04. The number of anilines is 1. The first-order valence-electron chi connectivity index (χ1n) is 11.5. The number of aromatic nitrogens is 4. The van der Waals surface area contributed by atoms with Crippen molar-refractivity contribution in [2.45, 2.75) is 26.4 Å². The minimum Gasteiger partial charge on any atom is -0.311 e. The first kappa shape index (κ1) is 22.3. The topological polar surface area (TPSA) is 81.8 Å². The Morgan fingerprint density at radius 2 is 1.74 bits per heavy atom. The molecule has 5 rings (SSSR count). The number of carbonyl (C=O) groups excluding carboxylic acids is 1. The van der Waals surface area contributed by atoms with Crippen molar-refractivity contribution in [1.29, 1.82) is 0 Å². The van der Waals surface area contributed by atoms with Gasteiger partial charge < -0.3 is 5.32 Å². The van der Waals surface area contributed by atoms with Gasteiger partial charge in [-0.1, -0.05) is 66.2 Å². The summed E-state index contributed by atoms with van der Waals surface area (Å²) in [5, 5.41) is 8.30. The van der Waals surface area contributed by atoms with E-state index in [4.69, 9.17) is 5.10 Å². The predicted molar refractivity (Wildman–Crippen MR) is 137 cm³/mol. The molecule has 0 unspecified atom stereocenters. The standard InChI is InChI=1S/C28H25N5O2/c1-20-8-7-11-22(16-20)25-17-26(33(31-25)18-21-9-3-2-4-10-21)30-27(34)14-15-32-19-29-24-13-6-5-12-23(24)28(32)35/h2-13,16-17,19H,14-15,18H2,1H3,(H,30,34). The van der Waals surface area contributed by atoms with E-state index >= 15 is 0 Å². The van der Waals surface area contributed by atoms with Crippen LogP contribution >= 0.6 is 0 Å². The molecule has 2 heterocycles. The Labute approximate surface area is 202 Å². The number of hydrogen-bond donors (Lipinski definition) is 1. The van der Waals surface area contributed by atoms with Gasteiger partial charge in [0.05, 0.1) is 29.5 Å². The number of benzene rings is 3. The Balaban J connectivity index is 1.36. The van der Waals surface area contributed by atoms with Crippen molar-refractivity contribution in [3.63, 3.8) is 0 Å². The normalized spacial score (nSPS) is 11.0. The fourth-order valence-corrected chi connectivity index (χ4v) is 4.03. The van der Waals surface area contributed by atoms with E-state index in [-0.39, 0.29) is 24.4 Å². The summed E-state index contributed by atoms with van der Waals surface area (Å²) in [5.41, 5.74) is 4.48. The first-order valence-corrected chi connectivity index (χ1v) is 11.5. The van der Waals surface area contributed by atoms with Crippen molar-refractivity contribution in [2.24, 2.45) is 0 Å². The smallest absolute Gasteiger partial charge is 0.261 e. The maximum Gasteiger partial charge on any atom is 0.261 e. The summed E-state index contributed by atoms with van der Waals surface area (Å²) in [7, 11) is 0. The van der Waals surface area contributed by atoms with Crippen molar-refractivity contribution in [3.05, 3.63) is 113 Å². The third-order valence-corrected chi connectivity index (χ3v) is 5.85. The van der Waals surface area contributed by atoms with Crippen LogP contribution in [0.4, 0.5) is 5.82 Å². The molecule has 3 aromatic carbocycles. The molecule has 5 aromatic rings. The fourth-order valence-electron chi connectivity index (χ4n) is 4.03. The molecular formula is C28H25N5O2. The summed E-state index contributed by atoms with van der Waals surface area (Å²) < 4.78 is 3.27. The largest absolute Gasteiger partial charge is 0.311 e. The van der Waals surface area contributed by atoms with E-state index in [0.717, 1.165) is 22.4 Å². The van der Waals surface area contributed by atoms with Crippen LogP contribution in [0.15, 0.2) is 96.1 Å². The number of amides is 1. The Morgan fingerprint density at radius 1 is 0.943 bits per heavy atom. The molecular weight excluding hydrogens is 438 g/mol. The van der Waals surface area contributed by atoms with Gasteiger partial charge in [-0.05, 0) is 30.7 Å². The quantitative estimate of drug-likeness (QED) is 0.381. The lowest BCUT2D eigenvalue weighted by Gasteiger charge is -2.10. The van der Waals surface area contributed by atoms with Crippen LogP contribution in [-0.2, 0) is 17.9 Å². The highest BCUT2D eigenvalue weighted by Gasteiger charge is 2.14. The summed E-state index contributed by atoms with van der Waals surface area (Å²) in [6.07, 6.45) is 1.63. The molecule has 0 aliphatic rings. The Morgan fingerprint density at radius 3 is 2.57 bits per heavy atom. The number of nitrogens with zero attached hydrogens (tertiary/aromatic N) is 4. The van der Waals surface area contributed by atoms with Crippen molar-refractivity contribution < 1.29 is 4.79 Å². The zero-order valence-electron chi connectivity index (χ0n) is 19.4. The van der Waals surface area contributed by atoms with Gasteiger partial charge in [-0.3, -0.25) is 14.2 Å². The summed E-state index contributed by atoms with van der Waals surface area (Å²) in [6.45, 7) is 2.80. The number of fused-ring (bicyclic) bond motifs is 1. The molecule has 0 aliphatic carbocycles. The van der Waals surface area contributed by atoms with Gasteiger partial charge in [0.25, 0.3) is 5.56 Å². The van der Waals surface area contributed by atoms with E-state index in [1.165, 1.54) is 10.9 Å². The molecule has 174 valence electrons. The highest BCUT2D eigenvalue weighted by atomic mass is 16.2. The van der Waals surface area contributed by atoms with E-state index in [9.17, 15) is 9.59 Å². The second-order valence-corrected chi connectivity index (χ2v) is 8.49. The van der Waals surface area contributed by atoms with Crippen LogP contribution in [-0.4, -0.2) is 25.2 Å². The molecule has 0 atom stereocenters. The lowest BCUT2D eigenvalue weighted by atomic mass is 10.1. The number of para-hydroxylation sites is 1. The molecule has 0 saturated heterocycles. The zero-order chi connectivity index (χ0) is 24.2. The average Bonchev–Trinajstić information content (AvgIpc) is 3.26. The third-order valence-electron chi connectivity index (χ3n) is 5.85. The molecule has 0 bridgehead atoms. The maximum absolute atomic E-state index is 12.9. The van der Waals surface area contributed by atoms with E-state index in [0.29, 0.717) is 23.3 Å². The number of rotatable bonds is 7. The van der Waals surface area contributed by atoms with Crippen LogP contribution in [0.5, 0.6) is 0 Å². The van der Waals surface area contributed by atoms with Crippen LogP contribution in [0.3, 0.4) is 0 Å². The number of hydrogen-bond acceptors (Lipinski definition) is 4. The Kier molecular flexibility index (Phi) is 6.22. The van der Waals surface area contributed by atoms with Crippen molar-refractivity contribution in [2.75, 3.05) is 5.32 Å². The van der Waals surface area contributed by atoms with Crippen LogP contribution in [0.2, 0.25) is 0 Å². The average molecular weight is 464 g/mol. The summed E-state index contributed by atoms with van der Waals surface area (Å²) in [4.78, 5) is 29.9. The van der Waals surface area contributed by atoms with Crippen LogP contribution in [0, 0.1) is 6.92 Å². The molecule has 0 spiro atoms. The maximum atomic E-state index is 12.9. The number of carbonyl (C=O) groups is 1. The zero-order valence-corrected chi connectivity index (χ0v) is 19.4. The number of aryl methyl sites for hydroxylation is 2. The highest BCUT2D eigenvalue weighted by molar-refractivity contribution is 5.90. The van der Waals surface area contributed by atoms with E-state index in [2.05, 4.69) is 16.4 Å². The lowest BCUT2D eigenvalue weighted by molar-refractivity contribution is -0.116. The predicted octanol–water partition coefficient (Wildman–Crippen LogP) is 4.65. The summed E-state index contributed by atoms with van der Waals surface area (Å²) >= 11 is 0. The molecule has 7 nitrogen and oxygen atoms in total. The van der Waals surface area contributed by atoms with E-state index in [1.807, 2.05) is 73.7 Å². The molecule has 2 aromatic heterocycles. The molecule has 0 fully saturated rings. The number of nitrogens with one attached hydrogen (secondary N) is 1. The molecule has 0 radical (unpaired) electrons. The molecule has 0 aliphatic heterocycles. The van der Waals surface area contributed by atoms with Crippen molar-refractivity contribution >= 4 is 22.6 Å². The van der Waals surface area contributed by atoms with E-state index < -0.39 is 0 Å². The molecule has 1 N–H and O–H groups in total. The molecule has 1 amide bonds. The Hall–Kier alpha value is -4.52. The minimum atomic E-state index is -0.199. The van der Waals surface area contributed by atoms with Gasteiger partial charge in [-0.15, -0.1) is 0 Å². The van der Waals surface area contributed by atoms with Gasteiger partial charge in [0, 0.05) is 24.6 Å². The highest BCUT2D eigenvalue weighted by Crippen LogP contribution is 2.24. The summed E-state index contributed by atoms with van der Waals surface area (Å²) in [6, 6.07) is 27.2. The van der Waals surface area contributed by atoms with Gasteiger partial charge in [0.1, 0.15) is 5.82 Å². The molecule has 7 heteroatoms. The minimum absolute atomic E-state index is 0.135. The molecule has 0 saturated carbocycles. The van der Waals surface area contributed by atoms with E-state index in [1.54, 1.807) is 16.8 Å². The summed E-state index contributed by atoms with van der Waals surface area (Å²) in [5.74, 6) is 0.411.